The molecular weight excluding hydrogens is 612 g/mol. The summed E-state index contributed by atoms with van der Waals surface area (Å²) in [6, 6.07) is 10.9. The van der Waals surface area contributed by atoms with Gasteiger partial charge in [-0.1, -0.05) is 6.08 Å². The number of hydrogen-bond donors (Lipinski definition) is 1. The van der Waals surface area contributed by atoms with Crippen LogP contribution in [0.2, 0.25) is 0 Å². The van der Waals surface area contributed by atoms with Crippen LogP contribution in [0.15, 0.2) is 54.4 Å². The molecule has 0 amide bonds. The highest BCUT2D eigenvalue weighted by Gasteiger charge is 2.31. The number of aryl methyl sites for hydroxylation is 2. The highest BCUT2D eigenvalue weighted by atomic mass is 32.2. The summed E-state index contributed by atoms with van der Waals surface area (Å²) >= 11 is 0. The lowest BCUT2D eigenvalue weighted by Crippen LogP contribution is -2.35. The van der Waals surface area contributed by atoms with Gasteiger partial charge in [0.25, 0.3) is 15.9 Å². The molecule has 0 saturated heterocycles. The fourth-order valence-electron chi connectivity index (χ4n) is 5.71. The van der Waals surface area contributed by atoms with Crippen molar-refractivity contribution in [3.8, 4) is 0 Å². The number of benzene rings is 2. The van der Waals surface area contributed by atoms with Gasteiger partial charge in [0.1, 0.15) is 5.82 Å². The largest absolute Gasteiger partial charge is 0.462 e. The second-order valence-electron chi connectivity index (χ2n) is 10.5. The number of fused-ring (bicyclic) bond motifs is 2. The highest BCUT2D eigenvalue weighted by molar-refractivity contribution is 7.85. The van der Waals surface area contributed by atoms with Crippen LogP contribution in [0.25, 0.3) is 17.1 Å². The Morgan fingerprint density at radius 1 is 0.913 bits per heavy atom. The van der Waals surface area contributed by atoms with E-state index < -0.39 is 21.8 Å². The molecule has 4 rings (SSSR count). The Hall–Kier alpha value is -4.20. The molecule has 3 aromatic rings. The van der Waals surface area contributed by atoms with E-state index >= 15 is 0 Å². The van der Waals surface area contributed by atoms with Gasteiger partial charge in [-0.25, -0.2) is 18.7 Å². The first-order valence-electron chi connectivity index (χ1n) is 15.5. The predicted molar refractivity (Wildman–Crippen MR) is 177 cm³/mol. The van der Waals surface area contributed by atoms with Crippen LogP contribution in [-0.2, 0) is 37.4 Å². The number of methoxy groups -OCH3 is 1. The third-order valence-electron chi connectivity index (χ3n) is 7.67. The number of carbonyl (C=O) groups is 2. The normalized spacial score (nSPS) is 14.1. The fraction of sp³-hybridized carbons (Fsp3) is 0.424. The maximum atomic E-state index is 12.6. The average Bonchev–Trinajstić information content (AvgIpc) is 3.49. The van der Waals surface area contributed by atoms with Crippen LogP contribution in [0.3, 0.4) is 0 Å². The minimum atomic E-state index is -4.15. The Balaban J connectivity index is 1.80. The molecule has 0 atom stereocenters. The number of aromatic nitrogens is 2. The lowest BCUT2D eigenvalue weighted by atomic mass is 10.1. The van der Waals surface area contributed by atoms with Crippen LogP contribution in [0.5, 0.6) is 0 Å². The summed E-state index contributed by atoms with van der Waals surface area (Å²) in [6.45, 7) is 10.7. The smallest absolute Gasteiger partial charge is 0.338 e. The second kappa shape index (κ2) is 15.4. The molecule has 0 unspecified atom stereocenters. The van der Waals surface area contributed by atoms with Crippen LogP contribution in [-0.4, -0.2) is 75.2 Å². The van der Waals surface area contributed by atoms with Crippen molar-refractivity contribution < 1.29 is 41.3 Å². The molecule has 1 N–H and O–H groups in total. The Bertz CT molecular complexity index is 1750. The van der Waals surface area contributed by atoms with E-state index in [1.54, 1.807) is 39.2 Å². The number of esters is 2. The first kappa shape index (κ1) is 34.7. The number of hydrogen-bond acceptors (Lipinski definition) is 9. The van der Waals surface area contributed by atoms with Crippen molar-refractivity contribution >= 4 is 50.5 Å². The molecule has 2 aromatic carbocycles. The second-order valence-corrected chi connectivity index (χ2v) is 12.1. The van der Waals surface area contributed by atoms with Crippen molar-refractivity contribution in [1.29, 1.82) is 0 Å². The van der Waals surface area contributed by atoms with E-state index in [4.69, 9.17) is 14.2 Å². The standard InChI is InChI=1S/C33H42N4O8S/c1-6-34-26-16-14-24(32(38)44-8-3)22-28(26)36(18-11-21-46(40,41)42)30(34)12-10-13-31-35(7-2)27-17-15-25(33(39)45-9-4)23-29(27)37(31)19-20-43-5/h10,12-17,22-23H,6-9,11,18-21H2,1-5H3/p+1. The number of allylic oxidation sites excluding steroid dienone is 2. The van der Waals surface area contributed by atoms with Gasteiger partial charge in [-0.2, -0.15) is 8.42 Å². The Kier molecular flexibility index (Phi) is 11.6. The topological polar surface area (TPSA) is 131 Å². The molecule has 1 aliphatic rings. The SMILES string of the molecule is CCOC(=O)c1ccc2c(c1)N(CCOC)C(=CC=Cc1n(CCCS(=O)(=O)O)c3cc(C(=O)OCC)ccc3[n+]1CC)N2CC. The van der Waals surface area contributed by atoms with E-state index in [1.165, 1.54) is 0 Å². The Labute approximate surface area is 270 Å². The Morgan fingerprint density at radius 2 is 1.59 bits per heavy atom. The minimum absolute atomic E-state index is 0.171. The quantitative estimate of drug-likeness (QED) is 0.143. The number of ether oxygens (including phenoxy) is 3. The predicted octanol–water partition coefficient (Wildman–Crippen LogP) is 4.43. The summed E-state index contributed by atoms with van der Waals surface area (Å²) in [5.74, 6) is 0.470. The lowest BCUT2D eigenvalue weighted by molar-refractivity contribution is -0.670. The average molecular weight is 656 g/mol. The van der Waals surface area contributed by atoms with Crippen molar-refractivity contribution in [2.24, 2.45) is 0 Å². The summed E-state index contributed by atoms with van der Waals surface area (Å²) in [7, 11) is -2.51. The summed E-state index contributed by atoms with van der Waals surface area (Å²) in [4.78, 5) is 29.4. The molecule has 0 radical (unpaired) electrons. The van der Waals surface area contributed by atoms with Crippen molar-refractivity contribution in [1.82, 2.24) is 4.57 Å². The number of anilines is 2. The van der Waals surface area contributed by atoms with Gasteiger partial charge in [0, 0.05) is 38.8 Å². The molecule has 13 heteroatoms. The van der Waals surface area contributed by atoms with Crippen molar-refractivity contribution in [3.63, 3.8) is 0 Å². The van der Waals surface area contributed by atoms with Gasteiger partial charge in [0.05, 0.1) is 61.2 Å². The third kappa shape index (κ3) is 7.60. The molecule has 1 aromatic heterocycles. The Morgan fingerprint density at radius 3 is 2.20 bits per heavy atom. The van der Waals surface area contributed by atoms with Gasteiger partial charge in [-0.05, 0) is 64.1 Å². The summed E-state index contributed by atoms with van der Waals surface area (Å²) in [5.41, 5.74) is 4.30. The van der Waals surface area contributed by atoms with E-state index in [0.29, 0.717) is 37.4 Å². The lowest BCUT2D eigenvalue weighted by Gasteiger charge is -2.24. The molecule has 0 fully saturated rings. The molecule has 0 aliphatic carbocycles. The minimum Gasteiger partial charge on any atom is -0.462 e. The van der Waals surface area contributed by atoms with E-state index in [9.17, 15) is 22.6 Å². The maximum absolute atomic E-state index is 12.6. The fourth-order valence-corrected chi connectivity index (χ4v) is 6.20. The van der Waals surface area contributed by atoms with Crippen LogP contribution < -0.4 is 14.4 Å². The first-order valence-corrected chi connectivity index (χ1v) is 17.1. The third-order valence-corrected chi connectivity index (χ3v) is 8.47. The molecule has 0 spiro atoms. The first-order chi connectivity index (χ1) is 22.1. The number of carbonyl (C=O) groups excluding carboxylic acids is 2. The molecule has 0 saturated carbocycles. The molecule has 248 valence electrons. The highest BCUT2D eigenvalue weighted by Crippen LogP contribution is 2.42. The summed E-state index contributed by atoms with van der Waals surface area (Å²) in [5, 5.41) is 0. The van der Waals surface area contributed by atoms with Crippen LogP contribution in [0, 0.1) is 0 Å². The van der Waals surface area contributed by atoms with Crippen LogP contribution in [0.1, 0.15) is 60.7 Å². The van der Waals surface area contributed by atoms with Gasteiger partial charge in [-0.3, -0.25) is 4.55 Å². The van der Waals surface area contributed by atoms with E-state index in [-0.39, 0.29) is 32.1 Å². The van der Waals surface area contributed by atoms with Crippen LogP contribution in [0.4, 0.5) is 11.4 Å². The van der Waals surface area contributed by atoms with Crippen molar-refractivity contribution in [3.05, 3.63) is 71.3 Å². The zero-order chi connectivity index (χ0) is 33.4. The van der Waals surface area contributed by atoms with Gasteiger partial charge >= 0.3 is 11.9 Å². The zero-order valence-electron chi connectivity index (χ0n) is 27.1. The molecule has 2 heterocycles. The van der Waals surface area contributed by atoms with E-state index in [0.717, 1.165) is 34.1 Å². The molecule has 46 heavy (non-hydrogen) atoms. The monoisotopic (exact) mass is 655 g/mol. The zero-order valence-corrected chi connectivity index (χ0v) is 27.9. The maximum Gasteiger partial charge on any atom is 0.338 e. The number of imidazole rings is 1. The van der Waals surface area contributed by atoms with E-state index in [2.05, 4.69) is 21.3 Å². The van der Waals surface area contributed by atoms with Crippen molar-refractivity contribution in [2.45, 2.75) is 47.2 Å². The van der Waals surface area contributed by atoms with Gasteiger partial charge in [0.15, 0.2) is 11.0 Å². The van der Waals surface area contributed by atoms with Gasteiger partial charge in [0.2, 0.25) is 0 Å². The van der Waals surface area contributed by atoms with Gasteiger partial charge < -0.3 is 24.0 Å². The number of nitrogens with zero attached hydrogens (tertiary/aromatic N) is 4. The van der Waals surface area contributed by atoms with E-state index in [1.807, 2.05) is 47.9 Å². The van der Waals surface area contributed by atoms with Gasteiger partial charge in [-0.15, -0.1) is 0 Å². The van der Waals surface area contributed by atoms with Crippen LogP contribution >= 0.6 is 0 Å². The molecule has 0 bridgehead atoms. The number of rotatable bonds is 15. The molecular formula is C33H43N4O8S+. The summed E-state index contributed by atoms with van der Waals surface area (Å²) < 4.78 is 52.3. The molecule has 1 aliphatic heterocycles. The molecule has 12 nitrogen and oxygen atoms in total. The van der Waals surface area contributed by atoms with Crippen molar-refractivity contribution in [2.75, 3.05) is 55.6 Å². The summed E-state index contributed by atoms with van der Waals surface area (Å²) in [6.07, 6.45) is 6.04.